The van der Waals surface area contributed by atoms with Crippen LogP contribution in [0.25, 0.3) is 6.08 Å². The summed E-state index contributed by atoms with van der Waals surface area (Å²) in [4.78, 5) is 19.4. The Morgan fingerprint density at radius 2 is 1.81 bits per heavy atom. The lowest BCUT2D eigenvalue weighted by molar-refractivity contribution is -0.122. The van der Waals surface area contributed by atoms with Crippen molar-refractivity contribution in [3.63, 3.8) is 0 Å². The number of carbonyl (C=O) groups is 1. The maximum Gasteiger partial charge on any atom is 0.266 e. The van der Waals surface area contributed by atoms with Crippen LogP contribution in [0, 0.1) is 5.82 Å². The van der Waals surface area contributed by atoms with Gasteiger partial charge in [-0.2, -0.15) is 0 Å². The molecule has 1 fully saturated rings. The minimum atomic E-state index is -0.313. The van der Waals surface area contributed by atoms with Crippen molar-refractivity contribution in [1.82, 2.24) is 4.90 Å². The fourth-order valence-corrected chi connectivity index (χ4v) is 3.62. The third-order valence-electron chi connectivity index (χ3n) is 3.81. The van der Waals surface area contributed by atoms with Crippen molar-refractivity contribution in [1.29, 1.82) is 0 Å². The molecule has 1 aliphatic heterocycles. The Morgan fingerprint density at radius 1 is 1.15 bits per heavy atom. The Kier molecular flexibility index (Phi) is 5.96. The highest BCUT2D eigenvalue weighted by molar-refractivity contribution is 8.18. The van der Waals surface area contributed by atoms with Gasteiger partial charge in [0.05, 0.1) is 16.7 Å². The molecule has 0 aromatic heterocycles. The molecule has 0 aliphatic carbocycles. The lowest BCUT2D eigenvalue weighted by atomic mass is 10.2. The zero-order valence-corrected chi connectivity index (χ0v) is 16.3. The molecule has 2 aromatic rings. The van der Waals surface area contributed by atoms with Crippen LogP contribution in [0.5, 0.6) is 5.75 Å². The molecular formula is C21H21FN2O2S. The van der Waals surface area contributed by atoms with Gasteiger partial charge in [0.2, 0.25) is 0 Å². The van der Waals surface area contributed by atoms with Crippen LogP contribution >= 0.6 is 11.8 Å². The average molecular weight is 384 g/mol. The van der Waals surface area contributed by atoms with Crippen LogP contribution in [0.4, 0.5) is 10.1 Å². The summed E-state index contributed by atoms with van der Waals surface area (Å²) in [5.41, 5.74) is 1.53. The molecular weight excluding hydrogens is 363 g/mol. The van der Waals surface area contributed by atoms with Gasteiger partial charge in [0.15, 0.2) is 5.17 Å². The van der Waals surface area contributed by atoms with Gasteiger partial charge >= 0.3 is 0 Å². The number of hydrogen-bond donors (Lipinski definition) is 0. The maximum atomic E-state index is 13.1. The smallest absolute Gasteiger partial charge is 0.266 e. The molecule has 3 rings (SSSR count). The maximum absolute atomic E-state index is 13.1. The molecule has 1 aliphatic rings. The summed E-state index contributed by atoms with van der Waals surface area (Å²) in [6.45, 7) is 6.38. The number of benzene rings is 2. The van der Waals surface area contributed by atoms with E-state index >= 15 is 0 Å². The SMILES string of the molecule is CCN1C(=O)/C(=C\c2ccc(OC(C)C)cc2)SC1=Nc1ccc(F)cc1. The van der Waals surface area contributed by atoms with E-state index in [1.54, 1.807) is 17.0 Å². The third-order valence-corrected chi connectivity index (χ3v) is 4.81. The highest BCUT2D eigenvalue weighted by Gasteiger charge is 2.32. The number of rotatable bonds is 5. The highest BCUT2D eigenvalue weighted by atomic mass is 32.2. The van der Waals surface area contributed by atoms with E-state index < -0.39 is 0 Å². The molecule has 4 nitrogen and oxygen atoms in total. The summed E-state index contributed by atoms with van der Waals surface area (Å²) in [5.74, 6) is 0.407. The van der Waals surface area contributed by atoms with Gasteiger partial charge in [0, 0.05) is 6.54 Å². The summed E-state index contributed by atoms with van der Waals surface area (Å²) in [7, 11) is 0. The highest BCUT2D eigenvalue weighted by Crippen LogP contribution is 2.34. The van der Waals surface area contributed by atoms with E-state index in [-0.39, 0.29) is 17.8 Å². The molecule has 1 saturated heterocycles. The number of hydrogen-bond acceptors (Lipinski definition) is 4. The molecule has 0 bridgehead atoms. The Labute approximate surface area is 162 Å². The monoisotopic (exact) mass is 384 g/mol. The number of amidine groups is 1. The first-order valence-corrected chi connectivity index (χ1v) is 9.60. The largest absolute Gasteiger partial charge is 0.491 e. The number of ether oxygens (including phenoxy) is 1. The van der Waals surface area contributed by atoms with Crippen molar-refractivity contribution < 1.29 is 13.9 Å². The lowest BCUT2D eigenvalue weighted by Crippen LogP contribution is -2.28. The molecule has 1 amide bonds. The molecule has 140 valence electrons. The fraction of sp³-hybridized carbons (Fsp3) is 0.238. The third kappa shape index (κ3) is 4.77. The van der Waals surface area contributed by atoms with E-state index in [0.29, 0.717) is 22.3 Å². The van der Waals surface area contributed by atoms with Gasteiger partial charge in [-0.1, -0.05) is 12.1 Å². The first-order chi connectivity index (χ1) is 13.0. The number of halogens is 1. The molecule has 0 unspecified atom stereocenters. The fourth-order valence-electron chi connectivity index (χ4n) is 2.56. The van der Waals surface area contributed by atoms with Crippen LogP contribution in [-0.4, -0.2) is 28.6 Å². The second-order valence-electron chi connectivity index (χ2n) is 6.27. The second kappa shape index (κ2) is 8.39. The number of amides is 1. The molecule has 27 heavy (non-hydrogen) atoms. The minimum Gasteiger partial charge on any atom is -0.491 e. The van der Waals surface area contributed by atoms with Crippen LogP contribution < -0.4 is 4.74 Å². The first kappa shape index (κ1) is 19.2. The number of likely N-dealkylation sites (N-methyl/N-ethyl adjacent to an activating group) is 1. The molecule has 6 heteroatoms. The number of thioether (sulfide) groups is 1. The van der Waals surface area contributed by atoms with E-state index in [1.165, 1.54) is 23.9 Å². The summed E-state index contributed by atoms with van der Waals surface area (Å²) in [5, 5.41) is 0.597. The van der Waals surface area contributed by atoms with E-state index in [4.69, 9.17) is 4.74 Å². The van der Waals surface area contributed by atoms with Crippen LogP contribution in [0.2, 0.25) is 0 Å². The van der Waals surface area contributed by atoms with E-state index in [2.05, 4.69) is 4.99 Å². The molecule has 2 aromatic carbocycles. The topological polar surface area (TPSA) is 41.9 Å². The molecule has 0 atom stereocenters. The van der Waals surface area contributed by atoms with Crippen LogP contribution in [0.3, 0.4) is 0 Å². The predicted molar refractivity (Wildman–Crippen MR) is 109 cm³/mol. The van der Waals surface area contributed by atoms with Crippen molar-refractivity contribution >= 4 is 34.6 Å². The Bertz CT molecular complexity index is 874. The summed E-state index contributed by atoms with van der Waals surface area (Å²) < 4.78 is 18.7. The predicted octanol–water partition coefficient (Wildman–Crippen LogP) is 5.24. The minimum absolute atomic E-state index is 0.0779. The molecule has 0 radical (unpaired) electrons. The number of aliphatic imine (C=N–C) groups is 1. The molecule has 0 saturated carbocycles. The average Bonchev–Trinajstić information content (AvgIpc) is 2.92. The number of nitrogens with zero attached hydrogens (tertiary/aromatic N) is 2. The molecule has 0 N–H and O–H groups in total. The standard InChI is InChI=1S/C21H21FN2O2S/c1-4-24-20(25)19(13-15-5-11-18(12-6-15)26-14(2)3)27-21(24)23-17-9-7-16(22)8-10-17/h5-14H,4H2,1-3H3/b19-13+,23-21?. The lowest BCUT2D eigenvalue weighted by Gasteiger charge is -2.12. The van der Waals surface area contributed by atoms with E-state index in [0.717, 1.165) is 11.3 Å². The van der Waals surface area contributed by atoms with Crippen molar-refractivity contribution in [3.8, 4) is 5.75 Å². The van der Waals surface area contributed by atoms with Gasteiger partial charge < -0.3 is 4.74 Å². The summed E-state index contributed by atoms with van der Waals surface area (Å²) in [6.07, 6.45) is 1.96. The zero-order chi connectivity index (χ0) is 19.4. The van der Waals surface area contributed by atoms with Crippen LogP contribution in [0.1, 0.15) is 26.3 Å². The quantitative estimate of drug-likeness (QED) is 0.662. The van der Waals surface area contributed by atoms with Gasteiger partial charge in [0.25, 0.3) is 5.91 Å². The Hall–Kier alpha value is -2.60. The normalized spacial score (nSPS) is 17.4. The van der Waals surface area contributed by atoms with Crippen molar-refractivity contribution in [2.75, 3.05) is 6.54 Å². The first-order valence-electron chi connectivity index (χ1n) is 8.78. The van der Waals surface area contributed by atoms with Crippen LogP contribution in [0.15, 0.2) is 58.4 Å². The summed E-state index contributed by atoms with van der Waals surface area (Å²) in [6, 6.07) is 13.5. The van der Waals surface area contributed by atoms with Gasteiger partial charge in [-0.25, -0.2) is 9.38 Å². The van der Waals surface area contributed by atoms with E-state index in [1.807, 2.05) is 51.1 Å². The van der Waals surface area contributed by atoms with Gasteiger partial charge in [-0.3, -0.25) is 9.69 Å². The number of carbonyl (C=O) groups excluding carboxylic acids is 1. The van der Waals surface area contributed by atoms with Gasteiger partial charge in [-0.05, 0) is 80.6 Å². The van der Waals surface area contributed by atoms with E-state index in [9.17, 15) is 9.18 Å². The van der Waals surface area contributed by atoms with Crippen molar-refractivity contribution in [3.05, 3.63) is 64.8 Å². The van der Waals surface area contributed by atoms with Crippen molar-refractivity contribution in [2.24, 2.45) is 4.99 Å². The zero-order valence-electron chi connectivity index (χ0n) is 15.5. The molecule has 0 spiro atoms. The second-order valence-corrected chi connectivity index (χ2v) is 7.28. The van der Waals surface area contributed by atoms with Crippen LogP contribution in [-0.2, 0) is 4.79 Å². The van der Waals surface area contributed by atoms with Gasteiger partial charge in [-0.15, -0.1) is 0 Å². The van der Waals surface area contributed by atoms with Crippen molar-refractivity contribution in [2.45, 2.75) is 26.9 Å². The Balaban J connectivity index is 1.83. The molecule has 1 heterocycles. The Morgan fingerprint density at radius 3 is 2.41 bits per heavy atom. The van der Waals surface area contributed by atoms with Gasteiger partial charge in [0.1, 0.15) is 11.6 Å². The summed E-state index contributed by atoms with van der Waals surface area (Å²) >= 11 is 1.32.